The van der Waals surface area contributed by atoms with Crippen molar-refractivity contribution in [2.45, 2.75) is 19.4 Å². The Hall–Kier alpha value is -0.170. The second kappa shape index (κ2) is 7.90. The molecule has 1 unspecified atom stereocenters. The van der Waals surface area contributed by atoms with Crippen LogP contribution in [0.4, 0.5) is 4.39 Å². The average molecular weight is 483 g/mol. The normalized spacial score (nSPS) is 12.4. The van der Waals surface area contributed by atoms with Gasteiger partial charge in [0.25, 0.3) is 0 Å². The van der Waals surface area contributed by atoms with Crippen molar-refractivity contribution < 1.29 is 4.39 Å². The Kier molecular flexibility index (Phi) is 6.47. The summed E-state index contributed by atoms with van der Waals surface area (Å²) in [5.41, 5.74) is 1.97. The Labute approximate surface area is 151 Å². The SMILES string of the molecule is CCNC(Cc1cc(F)ccc1Cl)c1cc(I)ccc1Br. The van der Waals surface area contributed by atoms with Crippen LogP contribution < -0.4 is 5.32 Å². The van der Waals surface area contributed by atoms with Crippen molar-refractivity contribution in [1.29, 1.82) is 0 Å². The highest BCUT2D eigenvalue weighted by atomic mass is 127. The molecule has 112 valence electrons. The van der Waals surface area contributed by atoms with Crippen molar-refractivity contribution in [3.05, 3.63) is 66.4 Å². The minimum Gasteiger partial charge on any atom is -0.310 e. The molecule has 0 aliphatic heterocycles. The zero-order valence-corrected chi connectivity index (χ0v) is 16.0. The molecule has 0 saturated carbocycles. The number of benzene rings is 2. The zero-order chi connectivity index (χ0) is 15.4. The van der Waals surface area contributed by atoms with Crippen LogP contribution in [-0.2, 0) is 6.42 Å². The van der Waals surface area contributed by atoms with Gasteiger partial charge in [-0.2, -0.15) is 0 Å². The van der Waals surface area contributed by atoms with E-state index in [1.54, 1.807) is 6.07 Å². The highest BCUT2D eigenvalue weighted by Crippen LogP contribution is 2.30. The fourth-order valence-corrected chi connectivity index (χ4v) is 3.47. The van der Waals surface area contributed by atoms with Gasteiger partial charge in [-0.05, 0) is 83.1 Å². The van der Waals surface area contributed by atoms with Gasteiger partial charge in [0.15, 0.2) is 0 Å². The number of likely N-dealkylation sites (N-methyl/N-ethyl adjacent to an activating group) is 1. The molecule has 1 N–H and O–H groups in total. The number of halogens is 4. The van der Waals surface area contributed by atoms with Gasteiger partial charge in [0, 0.05) is 19.1 Å². The summed E-state index contributed by atoms with van der Waals surface area (Å²) in [7, 11) is 0. The van der Waals surface area contributed by atoms with Crippen molar-refractivity contribution in [2.75, 3.05) is 6.54 Å². The van der Waals surface area contributed by atoms with Crippen molar-refractivity contribution in [2.24, 2.45) is 0 Å². The van der Waals surface area contributed by atoms with Crippen molar-refractivity contribution in [1.82, 2.24) is 5.32 Å². The molecule has 2 aromatic rings. The molecule has 0 bridgehead atoms. The smallest absolute Gasteiger partial charge is 0.123 e. The molecule has 0 aliphatic rings. The van der Waals surface area contributed by atoms with Gasteiger partial charge in [0.2, 0.25) is 0 Å². The third-order valence-electron chi connectivity index (χ3n) is 3.22. The third kappa shape index (κ3) is 4.65. The molecule has 0 aliphatic carbocycles. The largest absolute Gasteiger partial charge is 0.310 e. The van der Waals surface area contributed by atoms with E-state index in [1.807, 2.05) is 12.1 Å². The first kappa shape index (κ1) is 17.2. The van der Waals surface area contributed by atoms with Crippen LogP contribution in [-0.4, -0.2) is 6.54 Å². The van der Waals surface area contributed by atoms with Crippen LogP contribution >= 0.6 is 50.1 Å². The molecule has 0 radical (unpaired) electrons. The van der Waals surface area contributed by atoms with Crippen LogP contribution in [0, 0.1) is 9.39 Å². The molecular weight excluding hydrogens is 467 g/mol. The minimum absolute atomic E-state index is 0.0818. The first-order valence-electron chi connectivity index (χ1n) is 6.63. The molecule has 1 nitrogen and oxygen atoms in total. The third-order valence-corrected chi connectivity index (χ3v) is 4.98. The van der Waals surface area contributed by atoms with Gasteiger partial charge in [-0.1, -0.05) is 34.5 Å². The van der Waals surface area contributed by atoms with Crippen LogP contribution in [0.15, 0.2) is 40.9 Å². The van der Waals surface area contributed by atoms with Crippen molar-refractivity contribution in [3.63, 3.8) is 0 Å². The van der Waals surface area contributed by atoms with Crippen LogP contribution in [0.2, 0.25) is 5.02 Å². The van der Waals surface area contributed by atoms with Gasteiger partial charge >= 0.3 is 0 Å². The first-order valence-corrected chi connectivity index (χ1v) is 8.88. The Morgan fingerprint density at radius 2 is 2.05 bits per heavy atom. The number of nitrogens with one attached hydrogen (secondary N) is 1. The Balaban J connectivity index is 2.35. The quantitative estimate of drug-likeness (QED) is 0.536. The highest BCUT2D eigenvalue weighted by Gasteiger charge is 2.16. The van der Waals surface area contributed by atoms with Gasteiger partial charge in [0.1, 0.15) is 5.82 Å². The Morgan fingerprint density at radius 1 is 1.29 bits per heavy atom. The van der Waals surface area contributed by atoms with Crippen molar-refractivity contribution >= 4 is 50.1 Å². The first-order chi connectivity index (χ1) is 10.0. The maximum atomic E-state index is 13.4. The summed E-state index contributed by atoms with van der Waals surface area (Å²) in [6, 6.07) is 10.8. The number of rotatable bonds is 5. The van der Waals surface area contributed by atoms with E-state index in [0.29, 0.717) is 11.4 Å². The predicted octanol–water partition coefficient (Wildman–Crippen LogP) is 5.74. The molecule has 0 aromatic heterocycles. The van der Waals surface area contributed by atoms with E-state index in [0.717, 1.165) is 22.1 Å². The standard InChI is InChI=1S/C16H15BrClFIN/c1-2-21-16(13-9-12(20)4-5-14(13)17)8-10-7-11(19)3-6-15(10)18/h3-7,9,16,21H,2,8H2,1H3. The second-order valence-corrected chi connectivity index (χ2v) is 7.22. The summed E-state index contributed by atoms with van der Waals surface area (Å²) in [4.78, 5) is 0. The van der Waals surface area contributed by atoms with Crippen LogP contribution in [0.1, 0.15) is 24.1 Å². The Bertz CT molecular complexity index is 636. The fourth-order valence-electron chi connectivity index (χ4n) is 2.24. The van der Waals surface area contributed by atoms with Gasteiger partial charge in [-0.3, -0.25) is 0 Å². The lowest BCUT2D eigenvalue weighted by atomic mass is 9.98. The van der Waals surface area contributed by atoms with Gasteiger partial charge < -0.3 is 5.32 Å². The summed E-state index contributed by atoms with van der Waals surface area (Å²) in [6.07, 6.45) is 0.642. The summed E-state index contributed by atoms with van der Waals surface area (Å²) >= 11 is 12.1. The average Bonchev–Trinajstić information content (AvgIpc) is 2.45. The molecule has 0 spiro atoms. The molecule has 1 atom stereocenters. The lowest BCUT2D eigenvalue weighted by Crippen LogP contribution is -2.23. The van der Waals surface area contributed by atoms with Gasteiger partial charge in [-0.25, -0.2) is 4.39 Å². The summed E-state index contributed by atoms with van der Waals surface area (Å²) in [5, 5.41) is 4.05. The zero-order valence-electron chi connectivity index (χ0n) is 11.5. The van der Waals surface area contributed by atoms with E-state index in [-0.39, 0.29) is 11.9 Å². The van der Waals surface area contributed by atoms with E-state index in [4.69, 9.17) is 11.6 Å². The molecule has 0 fully saturated rings. The van der Waals surface area contributed by atoms with E-state index in [2.05, 4.69) is 56.8 Å². The van der Waals surface area contributed by atoms with Crippen LogP contribution in [0.5, 0.6) is 0 Å². The molecule has 2 rings (SSSR count). The predicted molar refractivity (Wildman–Crippen MR) is 98.4 cm³/mol. The molecule has 5 heteroatoms. The van der Waals surface area contributed by atoms with E-state index in [9.17, 15) is 4.39 Å². The molecular formula is C16H15BrClFIN. The van der Waals surface area contributed by atoms with E-state index in [1.165, 1.54) is 15.7 Å². The van der Waals surface area contributed by atoms with E-state index < -0.39 is 0 Å². The van der Waals surface area contributed by atoms with Crippen LogP contribution in [0.3, 0.4) is 0 Å². The van der Waals surface area contributed by atoms with Gasteiger partial charge in [0.05, 0.1) is 0 Å². The van der Waals surface area contributed by atoms with Crippen molar-refractivity contribution in [3.8, 4) is 0 Å². The van der Waals surface area contributed by atoms with Crippen LogP contribution in [0.25, 0.3) is 0 Å². The maximum Gasteiger partial charge on any atom is 0.123 e. The Morgan fingerprint density at radius 3 is 2.76 bits per heavy atom. The second-order valence-electron chi connectivity index (χ2n) is 4.72. The maximum absolute atomic E-state index is 13.4. The topological polar surface area (TPSA) is 12.0 Å². The number of hydrogen-bond donors (Lipinski definition) is 1. The molecule has 21 heavy (non-hydrogen) atoms. The minimum atomic E-state index is -0.258. The fraction of sp³-hybridized carbons (Fsp3) is 0.250. The highest BCUT2D eigenvalue weighted by molar-refractivity contribution is 14.1. The summed E-state index contributed by atoms with van der Waals surface area (Å²) in [6.45, 7) is 2.89. The number of hydrogen-bond acceptors (Lipinski definition) is 1. The molecule has 0 heterocycles. The lowest BCUT2D eigenvalue weighted by Gasteiger charge is -2.21. The molecule has 0 amide bonds. The summed E-state index contributed by atoms with van der Waals surface area (Å²) < 4.78 is 15.6. The molecule has 2 aromatic carbocycles. The van der Waals surface area contributed by atoms with Gasteiger partial charge in [-0.15, -0.1) is 0 Å². The van der Waals surface area contributed by atoms with E-state index >= 15 is 0 Å². The lowest BCUT2D eigenvalue weighted by molar-refractivity contribution is 0.544. The summed E-state index contributed by atoms with van der Waals surface area (Å²) in [5.74, 6) is -0.258. The molecule has 0 saturated heterocycles. The monoisotopic (exact) mass is 481 g/mol.